The lowest BCUT2D eigenvalue weighted by atomic mass is 9.57. The van der Waals surface area contributed by atoms with Gasteiger partial charge in [-0.25, -0.2) is 13.8 Å². The van der Waals surface area contributed by atoms with Gasteiger partial charge in [0, 0.05) is 22.1 Å². The van der Waals surface area contributed by atoms with Gasteiger partial charge in [0.05, 0.1) is 29.3 Å². The van der Waals surface area contributed by atoms with Crippen molar-refractivity contribution in [2.45, 2.75) is 57.4 Å². The lowest BCUT2D eigenvalue weighted by Gasteiger charge is -2.52. The average molecular weight is 479 g/mol. The standard InChI is InChI=1S/C28H28F2N2O3/c1-17-22(25(33)32-28-13-10-27(11-14-28,12-15-28)26(34)35-2)20-16-19(24(29)30)8-9-21(20)31-23(17)18-6-4-3-5-7-18/h3-9,16,24H,10-15H2,1-2H3,(H,32,33). The minimum atomic E-state index is -2.65. The van der Waals surface area contributed by atoms with E-state index >= 15 is 0 Å². The van der Waals surface area contributed by atoms with Gasteiger partial charge in [0.15, 0.2) is 0 Å². The Balaban J connectivity index is 1.56. The summed E-state index contributed by atoms with van der Waals surface area (Å²) in [6, 6.07) is 13.8. The second kappa shape index (κ2) is 8.70. The van der Waals surface area contributed by atoms with Gasteiger partial charge >= 0.3 is 5.97 Å². The number of pyridine rings is 1. The molecule has 0 unspecified atom stereocenters. The molecule has 5 nitrogen and oxygen atoms in total. The molecule has 1 aromatic heterocycles. The summed E-state index contributed by atoms with van der Waals surface area (Å²) in [5.41, 5.74) is 2.03. The van der Waals surface area contributed by atoms with Gasteiger partial charge in [-0.1, -0.05) is 36.4 Å². The van der Waals surface area contributed by atoms with Crippen LogP contribution in [0.1, 0.15) is 66.4 Å². The zero-order chi connectivity index (χ0) is 24.8. The van der Waals surface area contributed by atoms with E-state index < -0.39 is 17.4 Å². The maximum absolute atomic E-state index is 13.8. The topological polar surface area (TPSA) is 68.3 Å². The number of aromatic nitrogens is 1. The van der Waals surface area contributed by atoms with E-state index in [4.69, 9.17) is 9.72 Å². The van der Waals surface area contributed by atoms with Crippen LogP contribution in [0.3, 0.4) is 0 Å². The number of esters is 1. The van der Waals surface area contributed by atoms with Crippen LogP contribution in [0.15, 0.2) is 48.5 Å². The molecule has 0 aliphatic heterocycles. The third-order valence-corrected chi connectivity index (χ3v) is 8.02. The van der Waals surface area contributed by atoms with Gasteiger partial charge in [-0.2, -0.15) is 0 Å². The Labute approximate surface area is 202 Å². The molecule has 3 fully saturated rings. The second-order valence-electron chi connectivity index (χ2n) is 9.91. The van der Waals surface area contributed by atoms with Crippen molar-refractivity contribution >= 4 is 22.8 Å². The molecular formula is C28H28F2N2O3. The number of hydrogen-bond acceptors (Lipinski definition) is 4. The smallest absolute Gasteiger partial charge is 0.311 e. The Morgan fingerprint density at radius 2 is 1.66 bits per heavy atom. The van der Waals surface area contributed by atoms with Crippen molar-refractivity contribution in [2.24, 2.45) is 5.41 Å². The van der Waals surface area contributed by atoms with Gasteiger partial charge in [-0.05, 0) is 63.1 Å². The van der Waals surface area contributed by atoms with Gasteiger partial charge in [0.25, 0.3) is 12.3 Å². The van der Waals surface area contributed by atoms with E-state index in [-0.39, 0.29) is 17.4 Å². The zero-order valence-electron chi connectivity index (χ0n) is 19.9. The highest BCUT2D eigenvalue weighted by atomic mass is 19.3. The molecule has 7 heteroatoms. The number of rotatable bonds is 5. The Hall–Kier alpha value is -3.35. The number of carbonyl (C=O) groups excluding carboxylic acids is 2. The summed E-state index contributed by atoms with van der Waals surface area (Å²) in [4.78, 5) is 31.0. The zero-order valence-corrected chi connectivity index (χ0v) is 19.9. The number of amides is 1. The molecule has 6 rings (SSSR count). The average Bonchev–Trinajstić information content (AvgIpc) is 2.88. The van der Waals surface area contributed by atoms with Gasteiger partial charge in [-0.3, -0.25) is 9.59 Å². The lowest BCUT2D eigenvalue weighted by molar-refractivity contribution is -0.160. The molecule has 3 saturated carbocycles. The highest BCUT2D eigenvalue weighted by Gasteiger charge is 2.53. The molecule has 3 aromatic rings. The molecule has 0 atom stereocenters. The molecule has 1 amide bonds. The molecule has 1 heterocycles. The van der Waals surface area contributed by atoms with Crippen molar-refractivity contribution in [3.8, 4) is 11.3 Å². The molecule has 3 aliphatic carbocycles. The van der Waals surface area contributed by atoms with Crippen molar-refractivity contribution < 1.29 is 23.1 Å². The van der Waals surface area contributed by atoms with E-state index in [0.717, 1.165) is 5.56 Å². The Morgan fingerprint density at radius 3 is 2.26 bits per heavy atom. The van der Waals surface area contributed by atoms with Crippen LogP contribution >= 0.6 is 0 Å². The van der Waals surface area contributed by atoms with Gasteiger partial charge in [-0.15, -0.1) is 0 Å². The van der Waals surface area contributed by atoms with E-state index in [9.17, 15) is 18.4 Å². The van der Waals surface area contributed by atoms with E-state index in [0.29, 0.717) is 66.2 Å². The highest BCUT2D eigenvalue weighted by molar-refractivity contribution is 6.09. The van der Waals surface area contributed by atoms with Crippen LogP contribution < -0.4 is 5.32 Å². The number of hydrogen-bond donors (Lipinski definition) is 1. The van der Waals surface area contributed by atoms with E-state index in [1.807, 2.05) is 37.3 Å². The second-order valence-corrected chi connectivity index (χ2v) is 9.91. The van der Waals surface area contributed by atoms with Crippen molar-refractivity contribution in [3.05, 3.63) is 65.2 Å². The first-order valence-electron chi connectivity index (χ1n) is 12.0. The van der Waals surface area contributed by atoms with E-state index in [1.54, 1.807) is 6.07 Å². The Bertz CT molecular complexity index is 1280. The number of fused-ring (bicyclic) bond motifs is 4. The fraction of sp³-hybridized carbons (Fsp3) is 0.393. The van der Waals surface area contributed by atoms with Crippen LogP contribution in [0.25, 0.3) is 22.2 Å². The van der Waals surface area contributed by atoms with Crippen LogP contribution in [0.4, 0.5) is 8.78 Å². The van der Waals surface area contributed by atoms with Crippen molar-refractivity contribution in [2.75, 3.05) is 7.11 Å². The summed E-state index contributed by atoms with van der Waals surface area (Å²) in [6.45, 7) is 1.82. The monoisotopic (exact) mass is 478 g/mol. The number of nitrogens with zero attached hydrogens (tertiary/aromatic N) is 1. The van der Waals surface area contributed by atoms with E-state index in [2.05, 4.69) is 5.32 Å². The predicted molar refractivity (Wildman–Crippen MR) is 129 cm³/mol. The minimum absolute atomic E-state index is 0.142. The molecule has 0 saturated heterocycles. The van der Waals surface area contributed by atoms with Crippen LogP contribution in [0, 0.1) is 12.3 Å². The largest absolute Gasteiger partial charge is 0.469 e. The SMILES string of the molecule is COC(=O)C12CCC(NC(=O)c3c(C)c(-c4ccccc4)nc4ccc(C(F)F)cc34)(CC1)CC2. The highest BCUT2D eigenvalue weighted by Crippen LogP contribution is 2.53. The summed E-state index contributed by atoms with van der Waals surface area (Å²) in [6.07, 6.45) is 1.41. The first kappa shape index (κ1) is 23.4. The Morgan fingerprint density at radius 1 is 1.00 bits per heavy atom. The molecule has 1 N–H and O–H groups in total. The summed E-state index contributed by atoms with van der Waals surface area (Å²) in [5.74, 6) is -0.453. The van der Waals surface area contributed by atoms with Gasteiger partial charge in [0.1, 0.15) is 0 Å². The third kappa shape index (κ3) is 3.97. The third-order valence-electron chi connectivity index (χ3n) is 8.02. The van der Waals surface area contributed by atoms with Crippen LogP contribution in [-0.4, -0.2) is 29.5 Å². The summed E-state index contributed by atoms with van der Waals surface area (Å²) in [7, 11) is 1.42. The molecule has 0 radical (unpaired) electrons. The first-order chi connectivity index (χ1) is 16.8. The number of benzene rings is 2. The number of halogens is 2. The fourth-order valence-corrected chi connectivity index (χ4v) is 5.88. The summed E-state index contributed by atoms with van der Waals surface area (Å²) in [5, 5.41) is 3.69. The molecule has 0 spiro atoms. The molecule has 2 aromatic carbocycles. The van der Waals surface area contributed by atoms with Crippen LogP contribution in [0.5, 0.6) is 0 Å². The first-order valence-corrected chi connectivity index (χ1v) is 12.0. The predicted octanol–water partition coefficient (Wildman–Crippen LogP) is 6.14. The maximum Gasteiger partial charge on any atom is 0.311 e. The van der Waals surface area contributed by atoms with Crippen molar-refractivity contribution in [1.29, 1.82) is 0 Å². The number of methoxy groups -OCH3 is 1. The molecule has 35 heavy (non-hydrogen) atoms. The normalized spacial score (nSPS) is 23.5. The van der Waals surface area contributed by atoms with E-state index in [1.165, 1.54) is 19.2 Å². The number of alkyl halides is 2. The number of carbonyl (C=O) groups is 2. The van der Waals surface area contributed by atoms with Crippen molar-refractivity contribution in [3.63, 3.8) is 0 Å². The maximum atomic E-state index is 13.8. The molecular weight excluding hydrogens is 450 g/mol. The molecule has 2 bridgehead atoms. The summed E-state index contributed by atoms with van der Waals surface area (Å²) < 4.78 is 32.1. The summed E-state index contributed by atoms with van der Waals surface area (Å²) >= 11 is 0. The molecule has 3 aliphatic rings. The van der Waals surface area contributed by atoms with Gasteiger partial charge < -0.3 is 10.1 Å². The van der Waals surface area contributed by atoms with Crippen LogP contribution in [-0.2, 0) is 9.53 Å². The quantitative estimate of drug-likeness (QED) is 0.447. The fourth-order valence-electron chi connectivity index (χ4n) is 5.88. The minimum Gasteiger partial charge on any atom is -0.469 e. The molecule has 182 valence electrons. The van der Waals surface area contributed by atoms with Crippen molar-refractivity contribution in [1.82, 2.24) is 10.3 Å². The number of nitrogens with one attached hydrogen (secondary N) is 1. The van der Waals surface area contributed by atoms with Crippen LogP contribution in [0.2, 0.25) is 0 Å². The van der Waals surface area contributed by atoms with Gasteiger partial charge in [0.2, 0.25) is 0 Å². The lowest BCUT2D eigenvalue weighted by Crippen LogP contribution is -2.58. The number of ether oxygens (including phenoxy) is 1. The Kier molecular flexibility index (Phi) is 5.82.